The van der Waals surface area contributed by atoms with Crippen molar-refractivity contribution >= 4 is 57.1 Å². The summed E-state index contributed by atoms with van der Waals surface area (Å²) >= 11 is 7.33. The lowest BCUT2D eigenvalue weighted by Crippen LogP contribution is -2.30. The van der Waals surface area contributed by atoms with Gasteiger partial charge in [-0.2, -0.15) is 12.6 Å². The molecule has 33 heavy (non-hydrogen) atoms. The number of fused-ring (bicyclic) bond motifs is 1. The zero-order valence-corrected chi connectivity index (χ0v) is 20.9. The fraction of sp³-hybridized carbons (Fsp3) is 0.280. The number of thiol groups is 1. The van der Waals surface area contributed by atoms with Crippen molar-refractivity contribution in [3.8, 4) is 5.75 Å². The number of hydrogen-bond donors (Lipinski definition) is 3. The van der Waals surface area contributed by atoms with Gasteiger partial charge < -0.3 is 14.6 Å². The first kappa shape index (κ1) is 24.9. The minimum absolute atomic E-state index is 0.00147. The number of phenolic OH excluding ortho intramolecular Hbond substituents is 1. The summed E-state index contributed by atoms with van der Waals surface area (Å²) < 4.78 is 11.8. The van der Waals surface area contributed by atoms with Gasteiger partial charge in [0.1, 0.15) is 11.9 Å². The molecule has 0 heterocycles. The van der Waals surface area contributed by atoms with Crippen molar-refractivity contribution in [1.82, 2.24) is 0 Å². The van der Waals surface area contributed by atoms with Crippen LogP contribution in [0.2, 0.25) is 0 Å². The number of esters is 1. The minimum atomic E-state index is -0.820. The highest BCUT2D eigenvalue weighted by molar-refractivity contribution is 9.10. The molecule has 1 amide bonds. The van der Waals surface area contributed by atoms with Gasteiger partial charge in [0.25, 0.3) is 0 Å². The molecule has 2 N–H and O–H groups in total. The second kappa shape index (κ2) is 10.9. The molecule has 0 fully saturated rings. The molecule has 0 saturated heterocycles. The number of carbonyl (C=O) groups excluding carboxylic acids is 2. The van der Waals surface area contributed by atoms with E-state index in [4.69, 9.17) is 9.47 Å². The van der Waals surface area contributed by atoms with Crippen LogP contribution in [0.1, 0.15) is 31.9 Å². The van der Waals surface area contributed by atoms with Crippen molar-refractivity contribution < 1.29 is 24.2 Å². The summed E-state index contributed by atoms with van der Waals surface area (Å²) in [5, 5.41) is 15.2. The maximum absolute atomic E-state index is 13.0. The van der Waals surface area contributed by atoms with Gasteiger partial charge in [0.05, 0.1) is 18.0 Å². The van der Waals surface area contributed by atoms with Crippen molar-refractivity contribution in [2.75, 3.05) is 17.7 Å². The molecule has 3 aromatic carbocycles. The summed E-state index contributed by atoms with van der Waals surface area (Å²) in [6.07, 6.45) is -1.08. The van der Waals surface area contributed by atoms with Crippen molar-refractivity contribution in [1.29, 1.82) is 0 Å². The Morgan fingerprint density at radius 3 is 2.61 bits per heavy atom. The molecule has 3 rings (SSSR count). The van der Waals surface area contributed by atoms with Gasteiger partial charge >= 0.3 is 12.1 Å². The second-order valence-corrected chi connectivity index (χ2v) is 9.49. The Labute approximate surface area is 206 Å². The number of nitrogens with one attached hydrogen (secondary N) is 1. The van der Waals surface area contributed by atoms with E-state index in [-0.39, 0.29) is 18.1 Å². The summed E-state index contributed by atoms with van der Waals surface area (Å²) in [6, 6.07) is 18.3. The molecule has 0 aliphatic rings. The van der Waals surface area contributed by atoms with E-state index in [1.165, 1.54) is 6.07 Å². The fourth-order valence-electron chi connectivity index (χ4n) is 3.56. The molecule has 1 atom stereocenters. The third-order valence-corrected chi connectivity index (χ3v) is 6.12. The SMILES string of the molecule is CC(C)(CCOC(=O)CS)[C@@H](OC(=O)Nc1cccc2ccccc12)c1cc(Br)ccc1O. The minimum Gasteiger partial charge on any atom is -0.508 e. The third kappa shape index (κ3) is 6.42. The van der Waals surface area contributed by atoms with Crippen molar-refractivity contribution in [2.45, 2.75) is 26.4 Å². The van der Waals surface area contributed by atoms with Gasteiger partial charge in [-0.3, -0.25) is 10.1 Å². The van der Waals surface area contributed by atoms with Crippen LogP contribution in [0.15, 0.2) is 65.1 Å². The number of halogens is 1. The molecule has 0 unspecified atom stereocenters. The Hall–Kier alpha value is -2.71. The quantitative estimate of drug-likeness (QED) is 0.228. The molecule has 0 radical (unpaired) electrons. The molecule has 0 aliphatic carbocycles. The van der Waals surface area contributed by atoms with Crippen LogP contribution in [0.3, 0.4) is 0 Å². The lowest BCUT2D eigenvalue weighted by molar-refractivity contribution is -0.141. The third-order valence-electron chi connectivity index (χ3n) is 5.37. The zero-order chi connectivity index (χ0) is 24.0. The molecule has 8 heteroatoms. The van der Waals surface area contributed by atoms with E-state index >= 15 is 0 Å². The Balaban J connectivity index is 1.86. The number of amides is 1. The summed E-state index contributed by atoms with van der Waals surface area (Å²) in [7, 11) is 0. The maximum Gasteiger partial charge on any atom is 0.412 e. The Morgan fingerprint density at radius 1 is 1.12 bits per heavy atom. The zero-order valence-electron chi connectivity index (χ0n) is 18.4. The first-order valence-electron chi connectivity index (χ1n) is 10.4. The summed E-state index contributed by atoms with van der Waals surface area (Å²) in [5.74, 6) is -0.438. The van der Waals surface area contributed by atoms with Crippen molar-refractivity contribution in [3.63, 3.8) is 0 Å². The molecule has 0 aliphatic heterocycles. The lowest BCUT2D eigenvalue weighted by atomic mass is 9.79. The first-order chi connectivity index (χ1) is 15.7. The molecule has 0 spiro atoms. The molecule has 0 aromatic heterocycles. The monoisotopic (exact) mass is 531 g/mol. The first-order valence-corrected chi connectivity index (χ1v) is 11.8. The number of rotatable bonds is 8. The van der Waals surface area contributed by atoms with Crippen molar-refractivity contribution in [3.05, 3.63) is 70.7 Å². The standard InChI is InChI=1S/C25H26BrNO5S/c1-25(2,12-13-31-22(29)15-33)23(19-14-17(26)10-11-21(19)28)32-24(30)27-20-9-5-7-16-6-3-4-8-18(16)20/h3-11,14,23,28,33H,12-13,15H2,1-2H3,(H,27,30)/t23-/m0/s1. The topological polar surface area (TPSA) is 84.9 Å². The molecule has 6 nitrogen and oxygen atoms in total. The number of benzene rings is 3. The number of anilines is 1. The number of carbonyl (C=O) groups is 2. The number of ether oxygens (including phenoxy) is 2. The highest BCUT2D eigenvalue weighted by Gasteiger charge is 2.36. The van der Waals surface area contributed by atoms with Crippen LogP contribution in [0, 0.1) is 5.41 Å². The fourth-order valence-corrected chi connectivity index (χ4v) is 4.03. The van der Waals surface area contributed by atoms with Gasteiger partial charge in [-0.25, -0.2) is 4.79 Å². The number of hydrogen-bond acceptors (Lipinski definition) is 6. The maximum atomic E-state index is 13.0. The van der Waals surface area contributed by atoms with Crippen molar-refractivity contribution in [2.24, 2.45) is 5.41 Å². The largest absolute Gasteiger partial charge is 0.508 e. The van der Waals surface area contributed by atoms with Crippen LogP contribution in [0.4, 0.5) is 10.5 Å². The average Bonchev–Trinajstić information content (AvgIpc) is 2.79. The van der Waals surface area contributed by atoms with Gasteiger partial charge in [-0.05, 0) is 36.1 Å². The van der Waals surface area contributed by atoms with E-state index in [9.17, 15) is 14.7 Å². The van der Waals surface area contributed by atoms with E-state index in [1.807, 2.05) is 50.2 Å². The van der Waals surface area contributed by atoms with E-state index < -0.39 is 23.6 Å². The van der Waals surface area contributed by atoms with Crippen LogP contribution < -0.4 is 5.32 Å². The Morgan fingerprint density at radius 2 is 1.85 bits per heavy atom. The van der Waals surface area contributed by atoms with Crippen LogP contribution in [0.25, 0.3) is 10.8 Å². The Bertz CT molecular complexity index is 1150. The van der Waals surface area contributed by atoms with E-state index in [0.29, 0.717) is 17.7 Å². The normalized spacial score (nSPS) is 12.2. The molecule has 3 aromatic rings. The number of phenols is 1. The predicted molar refractivity (Wildman–Crippen MR) is 136 cm³/mol. The van der Waals surface area contributed by atoms with Crippen LogP contribution in [0.5, 0.6) is 5.75 Å². The van der Waals surface area contributed by atoms with E-state index in [2.05, 4.69) is 33.9 Å². The van der Waals surface area contributed by atoms with Crippen LogP contribution >= 0.6 is 28.6 Å². The highest BCUT2D eigenvalue weighted by Crippen LogP contribution is 2.43. The molecular weight excluding hydrogens is 506 g/mol. The lowest BCUT2D eigenvalue weighted by Gasteiger charge is -2.34. The molecule has 174 valence electrons. The summed E-state index contributed by atoms with van der Waals surface area (Å²) in [4.78, 5) is 24.5. The van der Waals surface area contributed by atoms with Crippen LogP contribution in [-0.2, 0) is 14.3 Å². The predicted octanol–water partition coefficient (Wildman–Crippen LogP) is 6.49. The van der Waals surface area contributed by atoms with Gasteiger partial charge in [0.15, 0.2) is 0 Å². The van der Waals surface area contributed by atoms with Gasteiger partial charge in [-0.1, -0.05) is 66.2 Å². The van der Waals surface area contributed by atoms with Crippen LogP contribution in [-0.4, -0.2) is 29.5 Å². The van der Waals surface area contributed by atoms with E-state index in [1.54, 1.807) is 18.2 Å². The molecular formula is C25H26BrNO5S. The smallest absolute Gasteiger partial charge is 0.412 e. The highest BCUT2D eigenvalue weighted by atomic mass is 79.9. The number of aromatic hydroxyl groups is 1. The molecule has 0 saturated carbocycles. The van der Waals surface area contributed by atoms with Gasteiger partial charge in [0, 0.05) is 20.8 Å². The summed E-state index contributed by atoms with van der Waals surface area (Å²) in [5.41, 5.74) is 0.393. The molecule has 0 bridgehead atoms. The average molecular weight is 532 g/mol. The Kier molecular flexibility index (Phi) is 8.26. The van der Waals surface area contributed by atoms with Gasteiger partial charge in [-0.15, -0.1) is 0 Å². The van der Waals surface area contributed by atoms with E-state index in [0.717, 1.165) is 15.2 Å². The summed E-state index contributed by atoms with van der Waals surface area (Å²) in [6.45, 7) is 3.90. The van der Waals surface area contributed by atoms with Gasteiger partial charge in [0.2, 0.25) is 0 Å². The second-order valence-electron chi connectivity index (χ2n) is 8.26.